The molecule has 1 fully saturated rings. The first-order chi connectivity index (χ1) is 19.0. The minimum Gasteiger partial charge on any atom is -0.497 e. The van der Waals surface area contributed by atoms with Crippen molar-refractivity contribution in [3.8, 4) is 22.8 Å². The number of rotatable bonds is 8. The number of thioether (sulfide) groups is 1. The summed E-state index contributed by atoms with van der Waals surface area (Å²) < 4.78 is 6.79. The zero-order valence-corrected chi connectivity index (χ0v) is 28.0. The van der Waals surface area contributed by atoms with Gasteiger partial charge in [-0.15, -0.1) is 5.10 Å². The van der Waals surface area contributed by atoms with Crippen molar-refractivity contribution in [2.75, 3.05) is 17.8 Å². The van der Waals surface area contributed by atoms with Crippen molar-refractivity contribution < 1.29 is 42.2 Å². The van der Waals surface area contributed by atoms with Crippen molar-refractivity contribution in [3.05, 3.63) is 98.8 Å². The van der Waals surface area contributed by atoms with Gasteiger partial charge in [0, 0.05) is 11.3 Å². The van der Waals surface area contributed by atoms with Gasteiger partial charge in [-0.25, -0.2) is 0 Å². The van der Waals surface area contributed by atoms with Crippen molar-refractivity contribution in [2.24, 2.45) is 15.2 Å². The van der Waals surface area contributed by atoms with E-state index in [1.807, 2.05) is 72.8 Å². The number of hydrogen-bond donors (Lipinski definition) is 0. The van der Waals surface area contributed by atoms with Crippen LogP contribution in [0.25, 0.3) is 17.1 Å². The second-order valence-electron chi connectivity index (χ2n) is 8.95. The van der Waals surface area contributed by atoms with Crippen LogP contribution in [0, 0.1) is 14.9 Å². The number of benzene rings is 3. The first kappa shape index (κ1) is 34.7. The molecule has 0 bridgehead atoms. The molecule has 0 spiro atoms. The Morgan fingerprint density at radius 1 is 1.02 bits per heavy atom. The molecule has 1 aliphatic rings. The van der Waals surface area contributed by atoms with Gasteiger partial charge in [-0.3, -0.25) is 19.4 Å². The summed E-state index contributed by atoms with van der Waals surface area (Å²) in [5.74, 6) is 2.11. The van der Waals surface area contributed by atoms with Crippen LogP contribution in [0.15, 0.2) is 88.0 Å². The minimum absolute atomic E-state index is 0. The molecule has 5 rings (SSSR count). The fraction of sp³-hybridized carbons (Fsp3) is 0.161. The first-order valence-corrected chi connectivity index (χ1v) is 13.3. The predicted octanol–water partition coefficient (Wildman–Crippen LogP) is 6.64. The zero-order valence-electron chi connectivity index (χ0n) is 24.3. The van der Waals surface area contributed by atoms with Crippen LogP contribution < -0.4 is 9.64 Å². The van der Waals surface area contributed by atoms with E-state index in [-0.39, 0.29) is 65.3 Å². The maximum absolute atomic E-state index is 12.7. The summed E-state index contributed by atoms with van der Waals surface area (Å²) in [6.45, 7) is 9.78. The SMILES string of the molecule is [CH-]=Nc1nc(-c2ccc(C=NN=C3SCC(=O)N3c3ccccc3C(C)C)cc2)nn1-c1ccc(OC)cc1.[CH3-].[CH3-].[Y+3]. The van der Waals surface area contributed by atoms with E-state index < -0.39 is 0 Å². The quantitative estimate of drug-likeness (QED) is 0.120. The van der Waals surface area contributed by atoms with Gasteiger partial charge in [-0.2, -0.15) is 16.9 Å². The van der Waals surface area contributed by atoms with E-state index in [0.29, 0.717) is 16.7 Å². The normalized spacial score (nSPS) is 13.6. The Hall–Kier alpha value is -3.47. The third kappa shape index (κ3) is 7.48. The zero-order chi connectivity index (χ0) is 27.4. The first-order valence-electron chi connectivity index (χ1n) is 12.3. The number of methoxy groups -OCH3 is 1. The van der Waals surface area contributed by atoms with Crippen LogP contribution in [0.4, 0.5) is 11.6 Å². The van der Waals surface area contributed by atoms with Gasteiger partial charge in [0.05, 0.1) is 30.7 Å². The molecule has 0 saturated carbocycles. The molecule has 9 nitrogen and oxygen atoms in total. The largest absolute Gasteiger partial charge is 3.00 e. The molecule has 1 amide bonds. The van der Waals surface area contributed by atoms with Crippen molar-refractivity contribution in [3.63, 3.8) is 0 Å². The molecule has 1 saturated heterocycles. The van der Waals surface area contributed by atoms with Gasteiger partial charge in [0.1, 0.15) is 5.75 Å². The Balaban J connectivity index is 0.00000205. The number of nitrogens with zero attached hydrogens (tertiary/aromatic N) is 7. The van der Waals surface area contributed by atoms with Gasteiger partial charge >= 0.3 is 32.7 Å². The molecule has 0 radical (unpaired) electrons. The number of hydrogen-bond acceptors (Lipinski definition) is 8. The summed E-state index contributed by atoms with van der Waals surface area (Å²) in [7, 11) is 1.61. The van der Waals surface area contributed by atoms with Crippen LogP contribution in [0.1, 0.15) is 30.9 Å². The van der Waals surface area contributed by atoms with Crippen LogP contribution in [0.2, 0.25) is 0 Å². The third-order valence-corrected chi connectivity index (χ3v) is 7.02. The Morgan fingerprint density at radius 3 is 2.36 bits per heavy atom. The Labute approximate surface area is 277 Å². The molecule has 2 heterocycles. The Morgan fingerprint density at radius 2 is 1.71 bits per heavy atom. The van der Waals surface area contributed by atoms with Crippen LogP contribution in [0.5, 0.6) is 5.75 Å². The van der Waals surface area contributed by atoms with Crippen LogP contribution in [-0.4, -0.2) is 51.6 Å². The van der Waals surface area contributed by atoms with Gasteiger partial charge in [0.25, 0.3) is 0 Å². The average molecular weight is 656 g/mol. The van der Waals surface area contributed by atoms with Crippen molar-refractivity contribution in [1.29, 1.82) is 0 Å². The number of aliphatic imine (C=N–C) groups is 1. The molecular formula is C31H32N7O2SY. The van der Waals surface area contributed by atoms with Crippen molar-refractivity contribution in [2.45, 2.75) is 19.8 Å². The predicted molar refractivity (Wildman–Crippen MR) is 170 cm³/mol. The van der Waals surface area contributed by atoms with Crippen molar-refractivity contribution in [1.82, 2.24) is 14.8 Å². The topological polar surface area (TPSA) is 97.3 Å². The summed E-state index contributed by atoms with van der Waals surface area (Å²) in [4.78, 5) is 22.6. The molecule has 0 N–H and O–H groups in total. The molecular weight excluding hydrogens is 623 g/mol. The molecule has 11 heteroatoms. The molecule has 4 aromatic rings. The second kappa shape index (κ2) is 15.7. The average Bonchev–Trinajstić information content (AvgIpc) is 3.57. The van der Waals surface area contributed by atoms with Crippen LogP contribution in [0.3, 0.4) is 0 Å². The van der Waals surface area contributed by atoms with Gasteiger partial charge in [0.2, 0.25) is 5.91 Å². The maximum Gasteiger partial charge on any atom is 3.00 e. The molecule has 42 heavy (non-hydrogen) atoms. The Kier molecular flexibility index (Phi) is 13.0. The van der Waals surface area contributed by atoms with E-state index in [1.54, 1.807) is 22.9 Å². The summed E-state index contributed by atoms with van der Waals surface area (Å²) in [5, 5.41) is 13.8. The number of carbonyl (C=O) groups excluding carboxylic acids is 1. The summed E-state index contributed by atoms with van der Waals surface area (Å²) in [5.41, 5.74) is 4.34. The molecule has 1 aromatic heterocycles. The Bertz CT molecular complexity index is 1570. The fourth-order valence-corrected chi connectivity index (χ4v) is 4.94. The smallest absolute Gasteiger partial charge is 0.497 e. The van der Waals surface area contributed by atoms with Gasteiger partial charge < -0.3 is 24.6 Å². The molecule has 0 aliphatic carbocycles. The summed E-state index contributed by atoms with van der Waals surface area (Å²) >= 11 is 1.38. The molecule has 0 atom stereocenters. The van der Waals surface area contributed by atoms with Crippen LogP contribution in [-0.2, 0) is 37.5 Å². The number of amidine groups is 1. The van der Waals surface area contributed by atoms with Gasteiger partial charge in [-0.05, 0) is 47.4 Å². The summed E-state index contributed by atoms with van der Waals surface area (Å²) in [6, 6.07) is 22.8. The van der Waals surface area contributed by atoms with E-state index in [9.17, 15) is 4.79 Å². The number of anilines is 1. The number of para-hydroxylation sites is 1. The van der Waals surface area contributed by atoms with E-state index in [4.69, 9.17) is 11.5 Å². The van der Waals surface area contributed by atoms with Gasteiger partial charge in [-0.1, -0.05) is 68.1 Å². The monoisotopic (exact) mass is 655 g/mol. The van der Waals surface area contributed by atoms with Gasteiger partial charge in [0.15, 0.2) is 11.0 Å². The minimum atomic E-state index is -0.00318. The fourth-order valence-electron chi connectivity index (χ4n) is 4.12. The molecule has 1 aliphatic heterocycles. The molecule has 3 aromatic carbocycles. The second-order valence-corrected chi connectivity index (χ2v) is 9.90. The third-order valence-electron chi connectivity index (χ3n) is 6.11. The molecule has 0 unspecified atom stereocenters. The molecule has 212 valence electrons. The number of aromatic nitrogens is 3. The summed E-state index contributed by atoms with van der Waals surface area (Å²) in [6.07, 6.45) is 1.65. The standard InChI is InChI=1S/C29H26N7O2S.2CH3.Y/c1-19(2)24-7-5-6-8-25(24)35-26(37)18-39-29(35)33-31-17-20-9-11-21(12-10-20)27-32-28(30-3)36(34-27)22-13-15-23(38-4)16-14-22;;;/h3,5-17,19H,18H2,1-2,4H3;2*1H3;/q3*-1;+3. The number of ether oxygens (including phenoxy) is 1. The maximum atomic E-state index is 12.7. The van der Waals surface area contributed by atoms with E-state index >= 15 is 0 Å². The van der Waals surface area contributed by atoms with Crippen molar-refractivity contribution >= 4 is 47.4 Å². The van der Waals surface area contributed by atoms with Crippen LogP contribution >= 0.6 is 11.8 Å². The number of carbonyl (C=O) groups is 1. The van der Waals surface area contributed by atoms with E-state index in [1.165, 1.54) is 11.8 Å². The van der Waals surface area contributed by atoms with E-state index in [0.717, 1.165) is 33.8 Å². The number of amides is 1. The van der Waals surface area contributed by atoms with E-state index in [2.05, 4.69) is 39.1 Å².